The molecule has 1 amide bonds. The van der Waals surface area contributed by atoms with Gasteiger partial charge in [0, 0.05) is 36.6 Å². The smallest absolute Gasteiger partial charge is 0.225 e. The summed E-state index contributed by atoms with van der Waals surface area (Å²) in [6.45, 7) is 3.51. The molecule has 2 N–H and O–H groups in total. The Kier molecular flexibility index (Phi) is 5.91. The summed E-state index contributed by atoms with van der Waals surface area (Å²) in [5, 5.41) is 3.66. The molecule has 0 bridgehead atoms. The number of para-hydroxylation sites is 1. The third kappa shape index (κ3) is 4.84. The highest BCUT2D eigenvalue weighted by Crippen LogP contribution is 2.17. The number of nitrogens with zero attached hydrogens (tertiary/aromatic N) is 2. The SMILES string of the molecule is Cc1ccccc1NC(=O)CCN(C)CCc1nc2ccc(Cl)cc2[nH]1. The highest BCUT2D eigenvalue weighted by Gasteiger charge is 2.08. The number of likely N-dealkylation sites (N-methyl/N-ethyl adjacent to an activating group) is 1. The molecule has 26 heavy (non-hydrogen) atoms. The van der Waals surface area contributed by atoms with E-state index in [2.05, 4.69) is 20.2 Å². The minimum absolute atomic E-state index is 0.0320. The van der Waals surface area contributed by atoms with Crippen molar-refractivity contribution in [2.75, 3.05) is 25.5 Å². The molecule has 0 aliphatic rings. The standard InChI is InChI=1S/C20H23ClN4O/c1-14-5-3-4-6-16(14)24-20(26)10-12-25(2)11-9-19-22-17-8-7-15(21)13-18(17)23-19/h3-8,13H,9-12H2,1-2H3,(H,22,23)(H,24,26). The number of aromatic nitrogens is 2. The summed E-state index contributed by atoms with van der Waals surface area (Å²) in [5.74, 6) is 0.961. The predicted molar refractivity (Wildman–Crippen MR) is 107 cm³/mol. The Morgan fingerprint density at radius 1 is 1.23 bits per heavy atom. The minimum atomic E-state index is 0.0320. The maximum atomic E-state index is 12.1. The topological polar surface area (TPSA) is 61.0 Å². The Balaban J connectivity index is 1.45. The van der Waals surface area contributed by atoms with Gasteiger partial charge in [-0.05, 0) is 43.8 Å². The van der Waals surface area contributed by atoms with Crippen LogP contribution in [0, 0.1) is 6.92 Å². The highest BCUT2D eigenvalue weighted by molar-refractivity contribution is 6.31. The van der Waals surface area contributed by atoms with E-state index in [9.17, 15) is 4.79 Å². The summed E-state index contributed by atoms with van der Waals surface area (Å²) in [7, 11) is 2.01. The second-order valence-corrected chi connectivity index (χ2v) is 6.95. The van der Waals surface area contributed by atoms with Gasteiger partial charge in [-0.2, -0.15) is 0 Å². The second kappa shape index (κ2) is 8.34. The fraction of sp³-hybridized carbons (Fsp3) is 0.300. The third-order valence-corrected chi connectivity index (χ3v) is 4.60. The quantitative estimate of drug-likeness (QED) is 0.660. The van der Waals surface area contributed by atoms with Crippen molar-refractivity contribution in [3.63, 3.8) is 0 Å². The van der Waals surface area contributed by atoms with Gasteiger partial charge in [-0.3, -0.25) is 4.79 Å². The van der Waals surface area contributed by atoms with Gasteiger partial charge in [0.2, 0.25) is 5.91 Å². The maximum absolute atomic E-state index is 12.1. The number of nitrogens with one attached hydrogen (secondary N) is 2. The Morgan fingerprint density at radius 3 is 2.85 bits per heavy atom. The van der Waals surface area contributed by atoms with Gasteiger partial charge in [0.05, 0.1) is 11.0 Å². The van der Waals surface area contributed by atoms with Crippen molar-refractivity contribution < 1.29 is 4.79 Å². The first-order chi connectivity index (χ1) is 12.5. The first-order valence-corrected chi connectivity index (χ1v) is 9.07. The molecule has 0 saturated carbocycles. The summed E-state index contributed by atoms with van der Waals surface area (Å²) in [4.78, 5) is 22.1. The van der Waals surface area contributed by atoms with E-state index in [-0.39, 0.29) is 5.91 Å². The van der Waals surface area contributed by atoms with Crippen LogP contribution in [0.3, 0.4) is 0 Å². The number of aromatic amines is 1. The Hall–Kier alpha value is -2.37. The number of imidazole rings is 1. The van der Waals surface area contributed by atoms with E-state index in [4.69, 9.17) is 11.6 Å². The van der Waals surface area contributed by atoms with E-state index in [0.29, 0.717) is 18.0 Å². The number of hydrogen-bond acceptors (Lipinski definition) is 3. The van der Waals surface area contributed by atoms with Crippen LogP contribution in [0.4, 0.5) is 5.69 Å². The lowest BCUT2D eigenvalue weighted by Gasteiger charge is -2.16. The van der Waals surface area contributed by atoms with Crippen molar-refractivity contribution >= 4 is 34.2 Å². The Morgan fingerprint density at radius 2 is 2.04 bits per heavy atom. The van der Waals surface area contributed by atoms with Gasteiger partial charge < -0.3 is 15.2 Å². The fourth-order valence-electron chi connectivity index (χ4n) is 2.78. The summed E-state index contributed by atoms with van der Waals surface area (Å²) < 4.78 is 0. The molecular weight excluding hydrogens is 348 g/mol. The molecule has 0 saturated heterocycles. The average molecular weight is 371 g/mol. The van der Waals surface area contributed by atoms with E-state index < -0.39 is 0 Å². The average Bonchev–Trinajstić information content (AvgIpc) is 3.02. The zero-order valence-electron chi connectivity index (χ0n) is 15.1. The summed E-state index contributed by atoms with van der Waals surface area (Å²) >= 11 is 6.00. The van der Waals surface area contributed by atoms with Crippen LogP contribution in [-0.4, -0.2) is 40.9 Å². The lowest BCUT2D eigenvalue weighted by molar-refractivity contribution is -0.116. The molecule has 0 unspecified atom stereocenters. The highest BCUT2D eigenvalue weighted by atomic mass is 35.5. The first kappa shape index (κ1) is 18.4. The van der Waals surface area contributed by atoms with Crippen molar-refractivity contribution in [3.05, 3.63) is 58.9 Å². The predicted octanol–water partition coefficient (Wildman–Crippen LogP) is 4.03. The maximum Gasteiger partial charge on any atom is 0.225 e. The molecule has 0 aliphatic heterocycles. The number of anilines is 1. The van der Waals surface area contributed by atoms with Crippen LogP contribution in [0.15, 0.2) is 42.5 Å². The molecular formula is C20H23ClN4O. The number of carbonyl (C=O) groups excluding carboxylic acids is 1. The Bertz CT molecular complexity index is 906. The molecule has 0 fully saturated rings. The first-order valence-electron chi connectivity index (χ1n) is 8.69. The number of H-pyrrole nitrogens is 1. The molecule has 5 nitrogen and oxygen atoms in total. The summed E-state index contributed by atoms with van der Waals surface area (Å²) in [5.41, 5.74) is 3.82. The van der Waals surface area contributed by atoms with E-state index >= 15 is 0 Å². The summed E-state index contributed by atoms with van der Waals surface area (Å²) in [6, 6.07) is 13.4. The van der Waals surface area contributed by atoms with Crippen LogP contribution in [0.2, 0.25) is 5.02 Å². The van der Waals surface area contributed by atoms with Crippen molar-refractivity contribution in [1.29, 1.82) is 0 Å². The molecule has 6 heteroatoms. The molecule has 0 spiro atoms. The van der Waals surface area contributed by atoms with Crippen molar-refractivity contribution in [1.82, 2.24) is 14.9 Å². The number of amides is 1. The monoisotopic (exact) mass is 370 g/mol. The van der Waals surface area contributed by atoms with Crippen molar-refractivity contribution in [2.45, 2.75) is 19.8 Å². The number of benzene rings is 2. The molecule has 0 atom stereocenters. The van der Waals surface area contributed by atoms with Crippen LogP contribution in [-0.2, 0) is 11.2 Å². The van der Waals surface area contributed by atoms with E-state index in [1.807, 2.05) is 56.4 Å². The van der Waals surface area contributed by atoms with Crippen LogP contribution in [0.1, 0.15) is 17.8 Å². The molecule has 0 radical (unpaired) electrons. The van der Waals surface area contributed by atoms with Crippen LogP contribution >= 0.6 is 11.6 Å². The van der Waals surface area contributed by atoms with E-state index in [0.717, 1.165) is 41.1 Å². The molecule has 136 valence electrons. The van der Waals surface area contributed by atoms with Crippen LogP contribution < -0.4 is 5.32 Å². The van der Waals surface area contributed by atoms with E-state index in [1.165, 1.54) is 0 Å². The van der Waals surface area contributed by atoms with Gasteiger partial charge in [0.15, 0.2) is 0 Å². The molecule has 3 rings (SSSR count). The van der Waals surface area contributed by atoms with Gasteiger partial charge in [-0.1, -0.05) is 29.8 Å². The van der Waals surface area contributed by atoms with Gasteiger partial charge in [0.25, 0.3) is 0 Å². The van der Waals surface area contributed by atoms with Gasteiger partial charge in [0.1, 0.15) is 5.82 Å². The molecule has 1 aromatic heterocycles. The molecule has 1 heterocycles. The third-order valence-electron chi connectivity index (χ3n) is 4.36. The molecule has 2 aromatic carbocycles. The van der Waals surface area contributed by atoms with Crippen LogP contribution in [0.25, 0.3) is 11.0 Å². The lowest BCUT2D eigenvalue weighted by atomic mass is 10.2. The number of aryl methyl sites for hydroxylation is 1. The van der Waals surface area contributed by atoms with Crippen molar-refractivity contribution in [2.24, 2.45) is 0 Å². The number of halogens is 1. The fourth-order valence-corrected chi connectivity index (χ4v) is 2.95. The lowest BCUT2D eigenvalue weighted by Crippen LogP contribution is -2.26. The second-order valence-electron chi connectivity index (χ2n) is 6.51. The van der Waals surface area contributed by atoms with Gasteiger partial charge >= 0.3 is 0 Å². The summed E-state index contributed by atoms with van der Waals surface area (Å²) in [6.07, 6.45) is 1.25. The molecule has 0 aliphatic carbocycles. The van der Waals surface area contributed by atoms with E-state index in [1.54, 1.807) is 0 Å². The van der Waals surface area contributed by atoms with Crippen LogP contribution in [0.5, 0.6) is 0 Å². The largest absolute Gasteiger partial charge is 0.342 e. The van der Waals surface area contributed by atoms with Gasteiger partial charge in [-0.25, -0.2) is 4.98 Å². The zero-order valence-corrected chi connectivity index (χ0v) is 15.8. The number of hydrogen-bond donors (Lipinski definition) is 2. The Labute approximate surface area is 158 Å². The number of carbonyl (C=O) groups is 1. The van der Waals surface area contributed by atoms with Gasteiger partial charge in [-0.15, -0.1) is 0 Å². The molecule has 3 aromatic rings. The normalized spacial score (nSPS) is 11.2. The zero-order chi connectivity index (χ0) is 18.5. The van der Waals surface area contributed by atoms with Crippen molar-refractivity contribution in [3.8, 4) is 0 Å². The minimum Gasteiger partial charge on any atom is -0.342 e. The number of fused-ring (bicyclic) bond motifs is 1. The number of rotatable bonds is 7.